The maximum Gasteiger partial charge on any atom is 0.298 e. The van der Waals surface area contributed by atoms with Crippen molar-refractivity contribution in [2.24, 2.45) is 0 Å². The van der Waals surface area contributed by atoms with Crippen molar-refractivity contribution < 1.29 is 9.59 Å². The van der Waals surface area contributed by atoms with E-state index < -0.39 is 11.7 Å². The minimum absolute atomic E-state index is 0.355. The smallest absolute Gasteiger partial charge is 0.298 e. The number of benzene rings is 2. The standard InChI is InChI=1S/C33H31N5O2/c1-24-9-7-13-30(34-24)37-19-8-18-36(21-22-37)27-16-14-26(15-17-27)35-33(40)32(39)31-29(25-10-3-2-4-11-25)23-28-12-5-6-20-38(28)31/h2-7,9-17,20,23H,8,18-19,21-22H2,1H3,(H,35,40). The number of carbonyl (C=O) groups is 2. The number of hydrogen-bond acceptors (Lipinski definition) is 5. The zero-order valence-corrected chi connectivity index (χ0v) is 22.5. The van der Waals surface area contributed by atoms with Crippen LogP contribution in [0.5, 0.6) is 0 Å². The zero-order chi connectivity index (χ0) is 27.5. The highest BCUT2D eigenvalue weighted by molar-refractivity contribution is 6.47. The summed E-state index contributed by atoms with van der Waals surface area (Å²) in [6.07, 6.45) is 2.84. The molecule has 1 fully saturated rings. The fourth-order valence-corrected chi connectivity index (χ4v) is 5.35. The molecule has 1 amide bonds. The Labute approximate surface area is 233 Å². The number of fused-ring (bicyclic) bond motifs is 1. The molecule has 0 spiro atoms. The third kappa shape index (κ3) is 5.18. The Bertz CT molecular complexity index is 1660. The van der Waals surface area contributed by atoms with Gasteiger partial charge in [0.2, 0.25) is 0 Å². The van der Waals surface area contributed by atoms with E-state index in [-0.39, 0.29) is 0 Å². The molecule has 0 atom stereocenters. The molecular weight excluding hydrogens is 498 g/mol. The summed E-state index contributed by atoms with van der Waals surface area (Å²) in [5.41, 5.74) is 5.54. The van der Waals surface area contributed by atoms with Gasteiger partial charge in [-0.3, -0.25) is 9.59 Å². The van der Waals surface area contributed by atoms with E-state index in [1.807, 2.05) is 98.0 Å². The number of Topliss-reactive ketones (excluding diaryl/α,β-unsaturated/α-hetero) is 1. The fraction of sp³-hybridized carbons (Fsp3) is 0.182. The molecule has 0 aliphatic carbocycles. The van der Waals surface area contributed by atoms with Crippen molar-refractivity contribution in [1.29, 1.82) is 0 Å². The highest BCUT2D eigenvalue weighted by Crippen LogP contribution is 2.29. The normalized spacial score (nSPS) is 13.7. The Morgan fingerprint density at radius 1 is 0.775 bits per heavy atom. The molecule has 1 saturated heterocycles. The van der Waals surface area contributed by atoms with Gasteiger partial charge in [0.25, 0.3) is 11.7 Å². The maximum absolute atomic E-state index is 13.5. The van der Waals surface area contributed by atoms with Crippen molar-refractivity contribution >= 4 is 34.4 Å². The molecule has 40 heavy (non-hydrogen) atoms. The molecule has 1 aliphatic rings. The maximum atomic E-state index is 13.5. The SMILES string of the molecule is Cc1cccc(N2CCCN(c3ccc(NC(=O)C(=O)c4c(-c5ccccc5)cc5ccccn45)cc3)CC2)n1. The number of carbonyl (C=O) groups excluding carboxylic acids is 2. The number of rotatable bonds is 6. The van der Waals surface area contributed by atoms with Crippen molar-refractivity contribution in [2.75, 3.05) is 41.3 Å². The van der Waals surface area contributed by atoms with Crippen molar-refractivity contribution in [3.63, 3.8) is 0 Å². The van der Waals surface area contributed by atoms with Gasteiger partial charge in [0.05, 0.1) is 0 Å². The first kappa shape index (κ1) is 25.4. The van der Waals surface area contributed by atoms with Gasteiger partial charge in [0.1, 0.15) is 11.5 Å². The quantitative estimate of drug-likeness (QED) is 0.221. The van der Waals surface area contributed by atoms with Gasteiger partial charge < -0.3 is 19.5 Å². The molecule has 0 bridgehead atoms. The number of anilines is 3. The number of aromatic nitrogens is 2. The van der Waals surface area contributed by atoms with Crippen molar-refractivity contribution in [1.82, 2.24) is 9.38 Å². The lowest BCUT2D eigenvalue weighted by Gasteiger charge is -2.24. The Morgan fingerprint density at radius 3 is 2.33 bits per heavy atom. The summed E-state index contributed by atoms with van der Waals surface area (Å²) >= 11 is 0. The summed E-state index contributed by atoms with van der Waals surface area (Å²) in [6, 6.07) is 31.2. The summed E-state index contributed by atoms with van der Waals surface area (Å²) in [4.78, 5) is 36.0. The average Bonchev–Trinajstić information content (AvgIpc) is 3.20. The molecule has 3 aromatic heterocycles. The predicted molar refractivity (Wildman–Crippen MR) is 160 cm³/mol. The van der Waals surface area contributed by atoms with Crippen molar-refractivity contribution in [3.05, 3.63) is 115 Å². The van der Waals surface area contributed by atoms with Gasteiger partial charge in [0.15, 0.2) is 0 Å². The molecule has 2 aromatic carbocycles. The average molecular weight is 530 g/mol. The lowest BCUT2D eigenvalue weighted by molar-refractivity contribution is -0.112. The van der Waals surface area contributed by atoms with Crippen LogP contribution in [0, 0.1) is 6.92 Å². The molecule has 7 heteroatoms. The van der Waals surface area contributed by atoms with Crippen LogP contribution >= 0.6 is 0 Å². The van der Waals surface area contributed by atoms with Crippen LogP contribution in [0.15, 0.2) is 103 Å². The highest BCUT2D eigenvalue weighted by atomic mass is 16.2. The second kappa shape index (κ2) is 11.1. The number of amides is 1. The molecule has 0 unspecified atom stereocenters. The van der Waals surface area contributed by atoms with E-state index in [1.54, 1.807) is 4.40 Å². The van der Waals surface area contributed by atoms with Gasteiger partial charge in [-0.05, 0) is 73.5 Å². The van der Waals surface area contributed by atoms with Crippen LogP contribution < -0.4 is 15.1 Å². The van der Waals surface area contributed by atoms with E-state index >= 15 is 0 Å². The van der Waals surface area contributed by atoms with Crippen LogP contribution in [0.25, 0.3) is 16.6 Å². The van der Waals surface area contributed by atoms with Crippen LogP contribution in [0.3, 0.4) is 0 Å². The molecular formula is C33H31N5O2. The Kier molecular flexibility index (Phi) is 7.02. The molecule has 200 valence electrons. The monoisotopic (exact) mass is 529 g/mol. The van der Waals surface area contributed by atoms with Crippen LogP contribution in [0.2, 0.25) is 0 Å². The van der Waals surface area contributed by atoms with Crippen molar-refractivity contribution in [2.45, 2.75) is 13.3 Å². The lowest BCUT2D eigenvalue weighted by Crippen LogP contribution is -2.31. The van der Waals surface area contributed by atoms with Gasteiger partial charge >= 0.3 is 0 Å². The molecule has 7 nitrogen and oxygen atoms in total. The number of hydrogen-bond donors (Lipinski definition) is 1. The predicted octanol–water partition coefficient (Wildman–Crippen LogP) is 5.85. The fourth-order valence-electron chi connectivity index (χ4n) is 5.35. The van der Waals surface area contributed by atoms with Gasteiger partial charge in [-0.15, -0.1) is 0 Å². The second-order valence-corrected chi connectivity index (χ2v) is 10.1. The molecule has 5 aromatic rings. The highest BCUT2D eigenvalue weighted by Gasteiger charge is 2.25. The van der Waals surface area contributed by atoms with Crippen LogP contribution in [0.4, 0.5) is 17.2 Å². The lowest BCUT2D eigenvalue weighted by atomic mass is 10.0. The van der Waals surface area contributed by atoms with E-state index in [2.05, 4.69) is 32.2 Å². The summed E-state index contributed by atoms with van der Waals surface area (Å²) in [6.45, 7) is 5.69. The van der Waals surface area contributed by atoms with Gasteiger partial charge in [-0.1, -0.05) is 42.5 Å². The van der Waals surface area contributed by atoms with E-state index in [4.69, 9.17) is 0 Å². The third-order valence-corrected chi connectivity index (χ3v) is 7.37. The molecule has 0 saturated carbocycles. The molecule has 4 heterocycles. The molecule has 1 aliphatic heterocycles. The topological polar surface area (TPSA) is 70.0 Å². The van der Waals surface area contributed by atoms with Gasteiger partial charge in [-0.25, -0.2) is 4.98 Å². The summed E-state index contributed by atoms with van der Waals surface area (Å²) < 4.78 is 1.78. The third-order valence-electron chi connectivity index (χ3n) is 7.37. The number of ketones is 1. The van der Waals surface area contributed by atoms with Crippen molar-refractivity contribution in [3.8, 4) is 11.1 Å². The molecule has 0 radical (unpaired) electrons. The Morgan fingerprint density at radius 2 is 1.52 bits per heavy atom. The number of pyridine rings is 2. The van der Waals surface area contributed by atoms with E-state index in [1.165, 1.54) is 0 Å². The number of nitrogens with zero attached hydrogens (tertiary/aromatic N) is 4. The number of nitrogens with one attached hydrogen (secondary N) is 1. The Hall–Kier alpha value is -4.91. The van der Waals surface area contributed by atoms with E-state index in [0.29, 0.717) is 11.4 Å². The zero-order valence-electron chi connectivity index (χ0n) is 22.5. The van der Waals surface area contributed by atoms with E-state index in [9.17, 15) is 9.59 Å². The minimum Gasteiger partial charge on any atom is -0.370 e. The van der Waals surface area contributed by atoms with Crippen LogP contribution in [-0.4, -0.2) is 47.3 Å². The summed E-state index contributed by atoms with van der Waals surface area (Å²) in [5.74, 6) is -0.216. The summed E-state index contributed by atoms with van der Waals surface area (Å²) in [5, 5.41) is 2.81. The first-order valence-corrected chi connectivity index (χ1v) is 13.6. The minimum atomic E-state index is -0.662. The van der Waals surface area contributed by atoms with Crippen LogP contribution in [-0.2, 0) is 4.79 Å². The molecule has 6 rings (SSSR count). The Balaban J connectivity index is 1.16. The second-order valence-electron chi connectivity index (χ2n) is 10.1. The van der Waals surface area contributed by atoms with Gasteiger partial charge in [-0.2, -0.15) is 0 Å². The first-order valence-electron chi connectivity index (χ1n) is 13.6. The summed E-state index contributed by atoms with van der Waals surface area (Å²) in [7, 11) is 0. The largest absolute Gasteiger partial charge is 0.370 e. The van der Waals surface area contributed by atoms with Gasteiger partial charge in [0, 0.05) is 60.5 Å². The molecule has 1 N–H and O–H groups in total. The van der Waals surface area contributed by atoms with Crippen LogP contribution in [0.1, 0.15) is 22.6 Å². The number of aryl methyl sites for hydroxylation is 1. The van der Waals surface area contributed by atoms with E-state index in [0.717, 1.165) is 66.4 Å². The first-order chi connectivity index (χ1) is 19.6.